The van der Waals surface area contributed by atoms with E-state index in [2.05, 4.69) is 64.8 Å². The summed E-state index contributed by atoms with van der Waals surface area (Å²) < 4.78 is 0. The van der Waals surface area contributed by atoms with Gasteiger partial charge in [0.05, 0.1) is 18.8 Å². The smallest absolute Gasteiger partial charge is 0.191 e. The first kappa shape index (κ1) is 15.1. The standard InChI is InChI=1S/C16H23N5/c1-4-17-16(19-11-15-7-8-20-21-15)18-10-14-6-5-12(2)9-13(14)3/h5-9H,4,10-11H2,1-3H3,(H,20,21)(H2,17,18,19). The van der Waals surface area contributed by atoms with Gasteiger partial charge in [0.1, 0.15) is 0 Å². The minimum atomic E-state index is 0.671. The van der Waals surface area contributed by atoms with E-state index in [1.165, 1.54) is 16.7 Å². The van der Waals surface area contributed by atoms with Crippen molar-refractivity contribution < 1.29 is 0 Å². The van der Waals surface area contributed by atoms with Gasteiger partial charge in [0.15, 0.2) is 5.96 Å². The van der Waals surface area contributed by atoms with Gasteiger partial charge in [-0.3, -0.25) is 5.10 Å². The van der Waals surface area contributed by atoms with E-state index in [1.807, 2.05) is 6.07 Å². The van der Waals surface area contributed by atoms with Gasteiger partial charge in [-0.15, -0.1) is 0 Å². The number of aromatic amines is 1. The van der Waals surface area contributed by atoms with Crippen LogP contribution in [0.3, 0.4) is 0 Å². The molecule has 5 nitrogen and oxygen atoms in total. The Morgan fingerprint density at radius 3 is 2.76 bits per heavy atom. The summed E-state index contributed by atoms with van der Waals surface area (Å²) in [6.45, 7) is 8.48. The average Bonchev–Trinajstić information content (AvgIpc) is 2.96. The molecule has 21 heavy (non-hydrogen) atoms. The predicted octanol–water partition coefficient (Wildman–Crippen LogP) is 2.28. The van der Waals surface area contributed by atoms with Gasteiger partial charge in [-0.05, 0) is 38.0 Å². The molecule has 1 aromatic carbocycles. The lowest BCUT2D eigenvalue weighted by Crippen LogP contribution is -2.36. The maximum Gasteiger partial charge on any atom is 0.191 e. The van der Waals surface area contributed by atoms with Crippen molar-refractivity contribution >= 4 is 5.96 Å². The summed E-state index contributed by atoms with van der Waals surface area (Å²) in [6, 6.07) is 8.41. The van der Waals surface area contributed by atoms with Gasteiger partial charge in [0.25, 0.3) is 0 Å². The number of hydrogen-bond donors (Lipinski definition) is 3. The number of benzene rings is 1. The van der Waals surface area contributed by atoms with Crippen LogP contribution in [0, 0.1) is 13.8 Å². The molecule has 0 saturated carbocycles. The highest BCUT2D eigenvalue weighted by Crippen LogP contribution is 2.11. The van der Waals surface area contributed by atoms with Gasteiger partial charge in [-0.2, -0.15) is 5.10 Å². The van der Waals surface area contributed by atoms with Crippen molar-refractivity contribution in [2.45, 2.75) is 33.9 Å². The van der Waals surface area contributed by atoms with Crippen molar-refractivity contribution in [2.24, 2.45) is 4.99 Å². The Morgan fingerprint density at radius 1 is 1.24 bits per heavy atom. The van der Waals surface area contributed by atoms with Crippen LogP contribution in [0.2, 0.25) is 0 Å². The lowest BCUT2D eigenvalue weighted by Gasteiger charge is -2.11. The normalized spacial score (nSPS) is 11.5. The molecule has 0 saturated heterocycles. The zero-order valence-electron chi connectivity index (χ0n) is 12.9. The molecule has 3 N–H and O–H groups in total. The summed E-state index contributed by atoms with van der Waals surface area (Å²) in [5.74, 6) is 0.812. The Morgan fingerprint density at radius 2 is 2.10 bits per heavy atom. The Bertz CT molecular complexity index is 587. The van der Waals surface area contributed by atoms with Gasteiger partial charge >= 0.3 is 0 Å². The second-order valence-electron chi connectivity index (χ2n) is 5.06. The number of aliphatic imine (C=N–C) groups is 1. The monoisotopic (exact) mass is 285 g/mol. The largest absolute Gasteiger partial charge is 0.357 e. The topological polar surface area (TPSA) is 65.1 Å². The fraction of sp³-hybridized carbons (Fsp3) is 0.375. The molecule has 1 aromatic heterocycles. The molecule has 0 bridgehead atoms. The lowest BCUT2D eigenvalue weighted by molar-refractivity contribution is 0.794. The zero-order valence-corrected chi connectivity index (χ0v) is 12.9. The van der Waals surface area contributed by atoms with Crippen molar-refractivity contribution in [1.29, 1.82) is 0 Å². The summed E-state index contributed by atoms with van der Waals surface area (Å²) in [5.41, 5.74) is 4.85. The van der Waals surface area contributed by atoms with E-state index in [4.69, 9.17) is 0 Å². The zero-order chi connectivity index (χ0) is 15.1. The number of aryl methyl sites for hydroxylation is 2. The maximum absolute atomic E-state index is 4.63. The summed E-state index contributed by atoms with van der Waals surface area (Å²) in [7, 11) is 0. The highest BCUT2D eigenvalue weighted by atomic mass is 15.2. The van der Waals surface area contributed by atoms with E-state index in [-0.39, 0.29) is 0 Å². The highest BCUT2D eigenvalue weighted by Gasteiger charge is 2.01. The van der Waals surface area contributed by atoms with Gasteiger partial charge in [0, 0.05) is 12.7 Å². The van der Waals surface area contributed by atoms with Crippen molar-refractivity contribution in [2.75, 3.05) is 6.54 Å². The summed E-state index contributed by atoms with van der Waals surface area (Å²) in [4.78, 5) is 4.63. The molecule has 0 aliphatic heterocycles. The number of guanidine groups is 1. The van der Waals surface area contributed by atoms with E-state index < -0.39 is 0 Å². The van der Waals surface area contributed by atoms with Gasteiger partial charge < -0.3 is 10.6 Å². The molecule has 5 heteroatoms. The number of rotatable bonds is 5. The number of nitrogens with zero attached hydrogens (tertiary/aromatic N) is 2. The molecule has 0 spiro atoms. The minimum absolute atomic E-state index is 0.671. The molecule has 2 aromatic rings. The van der Waals surface area contributed by atoms with Gasteiger partial charge in [0.2, 0.25) is 0 Å². The second-order valence-corrected chi connectivity index (χ2v) is 5.06. The quantitative estimate of drug-likeness (QED) is 0.583. The van der Waals surface area contributed by atoms with Crippen molar-refractivity contribution in [1.82, 2.24) is 20.8 Å². The Kier molecular flexibility index (Phi) is 5.37. The van der Waals surface area contributed by atoms with Crippen LogP contribution in [0.4, 0.5) is 0 Å². The van der Waals surface area contributed by atoms with Crippen LogP contribution in [0.1, 0.15) is 29.3 Å². The Hall–Kier alpha value is -2.30. The third-order valence-corrected chi connectivity index (χ3v) is 3.25. The molecule has 0 fully saturated rings. The van der Waals surface area contributed by atoms with Gasteiger partial charge in [-0.1, -0.05) is 23.8 Å². The van der Waals surface area contributed by atoms with Crippen LogP contribution in [0.15, 0.2) is 35.5 Å². The van der Waals surface area contributed by atoms with Crippen molar-refractivity contribution in [3.8, 4) is 0 Å². The number of aromatic nitrogens is 2. The molecule has 0 amide bonds. The van der Waals surface area contributed by atoms with Crippen LogP contribution in [0.5, 0.6) is 0 Å². The summed E-state index contributed by atoms with van der Waals surface area (Å²) >= 11 is 0. The van der Waals surface area contributed by atoms with Crippen molar-refractivity contribution in [3.63, 3.8) is 0 Å². The third-order valence-electron chi connectivity index (χ3n) is 3.25. The van der Waals surface area contributed by atoms with E-state index in [0.717, 1.165) is 18.2 Å². The van der Waals surface area contributed by atoms with E-state index >= 15 is 0 Å². The van der Waals surface area contributed by atoms with E-state index in [1.54, 1.807) is 6.20 Å². The maximum atomic E-state index is 4.63. The fourth-order valence-corrected chi connectivity index (χ4v) is 2.09. The first-order chi connectivity index (χ1) is 10.2. The molecule has 0 aliphatic rings. The van der Waals surface area contributed by atoms with Crippen LogP contribution >= 0.6 is 0 Å². The van der Waals surface area contributed by atoms with Crippen molar-refractivity contribution in [3.05, 3.63) is 52.8 Å². The molecular formula is C16H23N5. The number of H-pyrrole nitrogens is 1. The average molecular weight is 285 g/mol. The Balaban J connectivity index is 1.99. The molecule has 1 heterocycles. The first-order valence-corrected chi connectivity index (χ1v) is 7.25. The molecule has 0 unspecified atom stereocenters. The van der Waals surface area contributed by atoms with Crippen LogP contribution < -0.4 is 10.6 Å². The molecule has 112 valence electrons. The highest BCUT2D eigenvalue weighted by molar-refractivity contribution is 5.79. The predicted molar refractivity (Wildman–Crippen MR) is 86.2 cm³/mol. The Labute approximate surface area is 125 Å². The van der Waals surface area contributed by atoms with Crippen LogP contribution in [-0.2, 0) is 13.1 Å². The summed E-state index contributed by atoms with van der Waals surface area (Å²) in [6.07, 6.45) is 1.75. The van der Waals surface area contributed by atoms with E-state index in [0.29, 0.717) is 13.1 Å². The number of nitrogens with one attached hydrogen (secondary N) is 3. The number of hydrogen-bond acceptors (Lipinski definition) is 2. The third kappa shape index (κ3) is 4.63. The van der Waals surface area contributed by atoms with Crippen LogP contribution in [0.25, 0.3) is 0 Å². The van der Waals surface area contributed by atoms with Gasteiger partial charge in [-0.25, -0.2) is 4.99 Å². The fourth-order valence-electron chi connectivity index (χ4n) is 2.09. The molecule has 0 atom stereocenters. The molecule has 0 aliphatic carbocycles. The SMILES string of the molecule is CCNC(=NCc1ccc(C)cc1C)NCc1ccn[nH]1. The minimum Gasteiger partial charge on any atom is -0.357 e. The summed E-state index contributed by atoms with van der Waals surface area (Å²) in [5, 5.41) is 13.4. The second kappa shape index (κ2) is 7.47. The van der Waals surface area contributed by atoms with Crippen LogP contribution in [-0.4, -0.2) is 22.7 Å². The first-order valence-electron chi connectivity index (χ1n) is 7.25. The lowest BCUT2D eigenvalue weighted by atomic mass is 10.1. The molecular weight excluding hydrogens is 262 g/mol. The molecule has 0 radical (unpaired) electrons. The molecule has 2 rings (SSSR count). The van der Waals surface area contributed by atoms with E-state index in [9.17, 15) is 0 Å².